The smallest absolute Gasteiger partial charge is 0.250 e. The summed E-state index contributed by atoms with van der Waals surface area (Å²) in [5.41, 5.74) is 5.87. The van der Waals surface area contributed by atoms with Gasteiger partial charge in [0.05, 0.1) is 13.2 Å². The maximum absolute atomic E-state index is 13.3. The number of carbonyl (C=O) groups is 1. The van der Waals surface area contributed by atoms with Crippen molar-refractivity contribution in [3.63, 3.8) is 0 Å². The van der Waals surface area contributed by atoms with E-state index in [9.17, 15) is 9.18 Å². The molecule has 3 N–H and O–H groups in total. The molecule has 0 unspecified atom stereocenters. The summed E-state index contributed by atoms with van der Waals surface area (Å²) in [5.74, 6) is -0.876. The van der Waals surface area contributed by atoms with Crippen molar-refractivity contribution in [3.05, 3.63) is 29.6 Å². The third-order valence-electron chi connectivity index (χ3n) is 2.18. The van der Waals surface area contributed by atoms with E-state index in [4.69, 9.17) is 27.4 Å². The largest absolute Gasteiger partial charge is 0.389 e. The molecule has 0 aliphatic heterocycles. The van der Waals surface area contributed by atoms with Crippen LogP contribution in [0.25, 0.3) is 0 Å². The topological polar surface area (TPSA) is 73.6 Å². The van der Waals surface area contributed by atoms with Crippen LogP contribution in [0.3, 0.4) is 0 Å². The molecule has 0 radical (unpaired) electrons. The third-order valence-corrected chi connectivity index (χ3v) is 2.40. The summed E-state index contributed by atoms with van der Waals surface area (Å²) >= 11 is 4.71. The zero-order valence-corrected chi connectivity index (χ0v) is 11.3. The highest BCUT2D eigenvalue weighted by Crippen LogP contribution is 2.14. The number of anilines is 1. The summed E-state index contributed by atoms with van der Waals surface area (Å²) in [7, 11) is 1.54. The molecule has 1 amide bonds. The van der Waals surface area contributed by atoms with Crippen LogP contribution >= 0.6 is 12.2 Å². The summed E-state index contributed by atoms with van der Waals surface area (Å²) in [5, 5.41) is 2.55. The summed E-state index contributed by atoms with van der Waals surface area (Å²) in [4.78, 5) is 11.4. The molecule has 1 rings (SSSR count). The molecular weight excluding hydrogens is 271 g/mol. The van der Waals surface area contributed by atoms with E-state index in [-0.39, 0.29) is 23.1 Å². The number of nitrogens with one attached hydrogen (secondary N) is 1. The van der Waals surface area contributed by atoms with Gasteiger partial charge in [-0.05, 0) is 18.2 Å². The highest BCUT2D eigenvalue weighted by atomic mass is 32.1. The van der Waals surface area contributed by atoms with Crippen molar-refractivity contribution in [1.82, 2.24) is 0 Å². The number of methoxy groups -OCH3 is 1. The molecule has 0 aromatic heterocycles. The molecular formula is C12H15FN2O3S. The Morgan fingerprint density at radius 1 is 1.47 bits per heavy atom. The number of amides is 1. The third kappa shape index (κ3) is 5.29. The Kier molecular flexibility index (Phi) is 6.34. The first-order valence-corrected chi connectivity index (χ1v) is 5.91. The molecule has 0 fully saturated rings. The number of rotatable bonds is 7. The van der Waals surface area contributed by atoms with Gasteiger partial charge in [-0.1, -0.05) is 12.2 Å². The van der Waals surface area contributed by atoms with Crippen molar-refractivity contribution in [1.29, 1.82) is 0 Å². The number of carbonyl (C=O) groups excluding carboxylic acids is 1. The number of thiocarbonyl (C=S) groups is 1. The molecule has 7 heteroatoms. The zero-order chi connectivity index (χ0) is 14.3. The van der Waals surface area contributed by atoms with Gasteiger partial charge in [0.1, 0.15) is 17.4 Å². The first kappa shape index (κ1) is 15.5. The second-order valence-electron chi connectivity index (χ2n) is 3.65. The van der Waals surface area contributed by atoms with Gasteiger partial charge in [0, 0.05) is 18.4 Å². The second-order valence-corrected chi connectivity index (χ2v) is 4.09. The first-order valence-electron chi connectivity index (χ1n) is 5.50. The fourth-order valence-electron chi connectivity index (χ4n) is 1.30. The average molecular weight is 286 g/mol. The Balaban J connectivity index is 2.55. The standard InChI is InChI=1S/C12H15FN2O3S/c1-17-4-5-18-7-11(16)15-8-2-3-10(13)9(6-8)12(14)19/h2-3,6H,4-5,7H2,1H3,(H2,14,19)(H,15,16). The van der Waals surface area contributed by atoms with E-state index in [0.717, 1.165) is 0 Å². The first-order chi connectivity index (χ1) is 9.04. The van der Waals surface area contributed by atoms with Gasteiger partial charge in [0.15, 0.2) is 0 Å². The number of benzene rings is 1. The highest BCUT2D eigenvalue weighted by molar-refractivity contribution is 7.80. The van der Waals surface area contributed by atoms with Crippen LogP contribution in [-0.4, -0.2) is 37.8 Å². The summed E-state index contributed by atoms with van der Waals surface area (Å²) in [6.45, 7) is 0.629. The lowest BCUT2D eigenvalue weighted by Gasteiger charge is -2.08. The molecule has 0 saturated carbocycles. The molecule has 0 aliphatic rings. The van der Waals surface area contributed by atoms with E-state index in [1.165, 1.54) is 18.2 Å². The summed E-state index contributed by atoms with van der Waals surface area (Å²) < 4.78 is 23.1. The minimum Gasteiger partial charge on any atom is -0.389 e. The van der Waals surface area contributed by atoms with Gasteiger partial charge in [-0.3, -0.25) is 4.79 Å². The number of nitrogens with two attached hydrogens (primary N) is 1. The molecule has 1 aromatic rings. The SMILES string of the molecule is COCCOCC(=O)Nc1ccc(F)c(C(N)=S)c1. The van der Waals surface area contributed by atoms with E-state index in [1.807, 2.05) is 0 Å². The quantitative estimate of drug-likeness (QED) is 0.579. The van der Waals surface area contributed by atoms with Crippen LogP contribution in [-0.2, 0) is 14.3 Å². The Hall–Kier alpha value is -1.57. The molecule has 0 saturated heterocycles. The van der Waals surface area contributed by atoms with Gasteiger partial charge in [0.2, 0.25) is 5.91 Å². The molecule has 19 heavy (non-hydrogen) atoms. The average Bonchev–Trinajstić information content (AvgIpc) is 2.36. The minimum absolute atomic E-state index is 0.0649. The Labute approximate surface area is 115 Å². The van der Waals surface area contributed by atoms with E-state index in [0.29, 0.717) is 18.9 Å². The van der Waals surface area contributed by atoms with Crippen LogP contribution in [0.5, 0.6) is 0 Å². The van der Waals surface area contributed by atoms with Gasteiger partial charge in [-0.25, -0.2) is 4.39 Å². The van der Waals surface area contributed by atoms with Crippen LogP contribution in [0, 0.1) is 5.82 Å². The molecule has 5 nitrogen and oxygen atoms in total. The molecule has 104 valence electrons. The fraction of sp³-hybridized carbons (Fsp3) is 0.333. The Morgan fingerprint density at radius 2 is 2.21 bits per heavy atom. The molecule has 0 heterocycles. The number of hydrogen-bond acceptors (Lipinski definition) is 4. The van der Waals surface area contributed by atoms with E-state index >= 15 is 0 Å². The zero-order valence-electron chi connectivity index (χ0n) is 10.4. The van der Waals surface area contributed by atoms with E-state index < -0.39 is 5.82 Å². The van der Waals surface area contributed by atoms with Crippen molar-refractivity contribution in [3.8, 4) is 0 Å². The maximum atomic E-state index is 13.3. The van der Waals surface area contributed by atoms with Gasteiger partial charge in [-0.15, -0.1) is 0 Å². The van der Waals surface area contributed by atoms with Crippen LogP contribution in [0.2, 0.25) is 0 Å². The van der Waals surface area contributed by atoms with Crippen molar-refractivity contribution < 1.29 is 18.7 Å². The van der Waals surface area contributed by atoms with Gasteiger partial charge < -0.3 is 20.5 Å². The van der Waals surface area contributed by atoms with E-state index in [2.05, 4.69) is 5.32 Å². The van der Waals surface area contributed by atoms with Gasteiger partial charge in [0.25, 0.3) is 0 Å². The molecule has 0 atom stereocenters. The van der Waals surface area contributed by atoms with Crippen molar-refractivity contribution in [2.45, 2.75) is 0 Å². The molecule has 0 spiro atoms. The molecule has 0 bridgehead atoms. The van der Waals surface area contributed by atoms with E-state index in [1.54, 1.807) is 7.11 Å². The number of hydrogen-bond donors (Lipinski definition) is 2. The van der Waals surface area contributed by atoms with Crippen molar-refractivity contribution >= 4 is 28.8 Å². The highest BCUT2D eigenvalue weighted by Gasteiger charge is 2.08. The lowest BCUT2D eigenvalue weighted by Crippen LogP contribution is -2.20. The lowest BCUT2D eigenvalue weighted by molar-refractivity contribution is -0.121. The molecule has 1 aromatic carbocycles. The normalized spacial score (nSPS) is 10.2. The predicted octanol–water partition coefficient (Wildman–Crippen LogP) is 1.06. The Bertz CT molecular complexity index is 468. The van der Waals surface area contributed by atoms with Crippen LogP contribution in [0.15, 0.2) is 18.2 Å². The molecule has 0 aliphatic carbocycles. The minimum atomic E-state index is -0.526. The number of ether oxygens (including phenoxy) is 2. The lowest BCUT2D eigenvalue weighted by atomic mass is 10.2. The Morgan fingerprint density at radius 3 is 2.84 bits per heavy atom. The van der Waals surface area contributed by atoms with Crippen LogP contribution in [0.1, 0.15) is 5.56 Å². The summed E-state index contributed by atoms with van der Waals surface area (Å²) in [6, 6.07) is 3.99. The van der Waals surface area contributed by atoms with Crippen LogP contribution < -0.4 is 11.1 Å². The second kappa shape index (κ2) is 7.78. The van der Waals surface area contributed by atoms with Gasteiger partial charge >= 0.3 is 0 Å². The maximum Gasteiger partial charge on any atom is 0.250 e. The number of halogens is 1. The van der Waals surface area contributed by atoms with Gasteiger partial charge in [-0.2, -0.15) is 0 Å². The van der Waals surface area contributed by atoms with Crippen molar-refractivity contribution in [2.24, 2.45) is 5.73 Å². The summed E-state index contributed by atoms with van der Waals surface area (Å²) in [6.07, 6.45) is 0. The van der Waals surface area contributed by atoms with Crippen LogP contribution in [0.4, 0.5) is 10.1 Å². The monoisotopic (exact) mass is 286 g/mol. The predicted molar refractivity (Wildman–Crippen MR) is 73.6 cm³/mol. The fourth-order valence-corrected chi connectivity index (χ4v) is 1.45. The van der Waals surface area contributed by atoms with Crippen molar-refractivity contribution in [2.75, 3.05) is 32.2 Å².